The first-order valence-electron chi connectivity index (χ1n) is 4.90. The number of hydrogen-bond acceptors (Lipinski definition) is 4. The molecule has 0 bridgehead atoms. The molecule has 0 aromatic heterocycles. The minimum absolute atomic E-state index is 0.220. The van der Waals surface area contributed by atoms with Crippen LogP contribution in [-0.2, 0) is 5.54 Å². The van der Waals surface area contributed by atoms with Gasteiger partial charge in [0, 0.05) is 11.6 Å². The molecule has 16 heavy (non-hydrogen) atoms. The highest BCUT2D eigenvalue weighted by Crippen LogP contribution is 2.48. The van der Waals surface area contributed by atoms with Crippen LogP contribution in [0.15, 0.2) is 10.5 Å². The Kier molecular flexibility index (Phi) is 2.75. The molecular formula is C11H14BrNO3. The lowest BCUT2D eigenvalue weighted by Gasteiger charge is -2.24. The number of fused-ring (bicyclic) bond motifs is 1. The van der Waals surface area contributed by atoms with Gasteiger partial charge in [-0.05, 0) is 29.8 Å². The van der Waals surface area contributed by atoms with Crippen LogP contribution in [0.3, 0.4) is 0 Å². The van der Waals surface area contributed by atoms with Crippen molar-refractivity contribution in [2.24, 2.45) is 5.73 Å². The van der Waals surface area contributed by atoms with Gasteiger partial charge in [-0.25, -0.2) is 0 Å². The highest BCUT2D eigenvalue weighted by atomic mass is 79.9. The van der Waals surface area contributed by atoms with Gasteiger partial charge in [0.2, 0.25) is 6.79 Å². The lowest BCUT2D eigenvalue weighted by Crippen LogP contribution is -2.29. The Bertz CT molecular complexity index is 422. The maximum atomic E-state index is 6.14. The Morgan fingerprint density at radius 1 is 1.44 bits per heavy atom. The van der Waals surface area contributed by atoms with Crippen LogP contribution < -0.4 is 19.9 Å². The van der Waals surface area contributed by atoms with Crippen molar-refractivity contribution in [3.8, 4) is 17.2 Å². The van der Waals surface area contributed by atoms with Gasteiger partial charge in [-0.15, -0.1) is 0 Å². The van der Waals surface area contributed by atoms with Crippen molar-refractivity contribution in [2.45, 2.75) is 19.4 Å². The number of halogens is 1. The van der Waals surface area contributed by atoms with Crippen LogP contribution in [-0.4, -0.2) is 13.9 Å². The molecule has 0 radical (unpaired) electrons. The summed E-state index contributed by atoms with van der Waals surface area (Å²) in [5, 5.41) is 0. The molecule has 5 heteroatoms. The highest BCUT2D eigenvalue weighted by Gasteiger charge is 2.31. The molecule has 1 aliphatic heterocycles. The number of hydrogen-bond donors (Lipinski definition) is 1. The van der Waals surface area contributed by atoms with E-state index in [0.717, 1.165) is 10.0 Å². The molecule has 2 rings (SSSR count). The quantitative estimate of drug-likeness (QED) is 0.907. The molecule has 0 fully saturated rings. The molecule has 4 nitrogen and oxygen atoms in total. The van der Waals surface area contributed by atoms with Crippen molar-refractivity contribution in [1.29, 1.82) is 0 Å². The molecule has 0 saturated carbocycles. The average molecular weight is 288 g/mol. The molecule has 1 aliphatic rings. The van der Waals surface area contributed by atoms with Crippen LogP contribution in [0.25, 0.3) is 0 Å². The van der Waals surface area contributed by atoms with Crippen LogP contribution in [0.1, 0.15) is 19.4 Å². The zero-order chi connectivity index (χ0) is 11.9. The van der Waals surface area contributed by atoms with Crippen LogP contribution >= 0.6 is 15.9 Å². The van der Waals surface area contributed by atoms with E-state index in [1.165, 1.54) is 0 Å². The van der Waals surface area contributed by atoms with E-state index < -0.39 is 5.54 Å². The van der Waals surface area contributed by atoms with E-state index in [0.29, 0.717) is 17.2 Å². The van der Waals surface area contributed by atoms with Gasteiger partial charge in [0.15, 0.2) is 11.5 Å². The third-order valence-corrected chi connectivity index (χ3v) is 3.01. The van der Waals surface area contributed by atoms with E-state index in [2.05, 4.69) is 15.9 Å². The van der Waals surface area contributed by atoms with Gasteiger partial charge in [0.25, 0.3) is 0 Å². The van der Waals surface area contributed by atoms with Crippen molar-refractivity contribution in [3.05, 3.63) is 16.1 Å². The normalized spacial score (nSPS) is 14.1. The van der Waals surface area contributed by atoms with Crippen molar-refractivity contribution >= 4 is 15.9 Å². The first-order chi connectivity index (χ1) is 7.45. The van der Waals surface area contributed by atoms with Gasteiger partial charge in [-0.3, -0.25) is 0 Å². The van der Waals surface area contributed by atoms with Crippen LogP contribution in [0.2, 0.25) is 0 Å². The molecule has 0 saturated heterocycles. The third kappa shape index (κ3) is 1.74. The van der Waals surface area contributed by atoms with Crippen molar-refractivity contribution in [1.82, 2.24) is 0 Å². The van der Waals surface area contributed by atoms with E-state index in [4.69, 9.17) is 19.9 Å². The van der Waals surface area contributed by atoms with Gasteiger partial charge in [-0.2, -0.15) is 0 Å². The fourth-order valence-corrected chi connectivity index (χ4v) is 2.35. The number of benzene rings is 1. The largest absolute Gasteiger partial charge is 0.495 e. The molecule has 0 atom stereocenters. The molecule has 1 heterocycles. The van der Waals surface area contributed by atoms with E-state index in [-0.39, 0.29) is 6.79 Å². The summed E-state index contributed by atoms with van der Waals surface area (Å²) in [5.41, 5.74) is 6.39. The van der Waals surface area contributed by atoms with Gasteiger partial charge >= 0.3 is 0 Å². The summed E-state index contributed by atoms with van der Waals surface area (Å²) in [6.45, 7) is 4.02. The Morgan fingerprint density at radius 2 is 2.12 bits per heavy atom. The van der Waals surface area contributed by atoms with Crippen LogP contribution in [0.5, 0.6) is 17.2 Å². The SMILES string of the molecule is COc1c(Br)cc2c(c1C(C)(C)N)OCO2. The summed E-state index contributed by atoms with van der Waals surface area (Å²) in [6.07, 6.45) is 0. The van der Waals surface area contributed by atoms with Gasteiger partial charge in [-0.1, -0.05) is 0 Å². The summed E-state index contributed by atoms with van der Waals surface area (Å²) in [5.74, 6) is 2.06. The molecule has 1 aromatic carbocycles. The van der Waals surface area contributed by atoms with E-state index >= 15 is 0 Å². The second kappa shape index (κ2) is 3.82. The fourth-order valence-electron chi connectivity index (χ4n) is 1.78. The molecule has 0 aliphatic carbocycles. The number of rotatable bonds is 2. The molecular weight excluding hydrogens is 274 g/mol. The molecule has 0 amide bonds. The Hall–Kier alpha value is -0.940. The second-order valence-corrected chi connectivity index (χ2v) is 5.08. The maximum absolute atomic E-state index is 6.14. The molecule has 0 unspecified atom stereocenters. The topological polar surface area (TPSA) is 53.7 Å². The van der Waals surface area contributed by atoms with Crippen molar-refractivity contribution in [2.75, 3.05) is 13.9 Å². The fraction of sp³-hybridized carbons (Fsp3) is 0.455. The minimum Gasteiger partial charge on any atom is -0.495 e. The van der Waals surface area contributed by atoms with Crippen LogP contribution in [0.4, 0.5) is 0 Å². The Morgan fingerprint density at radius 3 is 2.69 bits per heavy atom. The molecule has 1 aromatic rings. The molecule has 0 spiro atoms. The smallest absolute Gasteiger partial charge is 0.231 e. The van der Waals surface area contributed by atoms with Gasteiger partial charge in [0.1, 0.15) is 5.75 Å². The molecule has 2 N–H and O–H groups in total. The van der Waals surface area contributed by atoms with E-state index in [1.807, 2.05) is 19.9 Å². The first-order valence-corrected chi connectivity index (χ1v) is 5.70. The number of methoxy groups -OCH3 is 1. The predicted molar refractivity (Wildman–Crippen MR) is 64.0 cm³/mol. The van der Waals surface area contributed by atoms with Crippen LogP contribution in [0, 0.1) is 0 Å². The third-order valence-electron chi connectivity index (χ3n) is 2.42. The Labute approximate surface area is 103 Å². The minimum atomic E-state index is -0.563. The predicted octanol–water partition coefficient (Wildman–Crippen LogP) is 2.38. The summed E-state index contributed by atoms with van der Waals surface area (Å²) in [4.78, 5) is 0. The zero-order valence-corrected chi connectivity index (χ0v) is 11.1. The average Bonchev–Trinajstić information content (AvgIpc) is 2.60. The highest BCUT2D eigenvalue weighted by molar-refractivity contribution is 9.10. The van der Waals surface area contributed by atoms with E-state index in [1.54, 1.807) is 7.11 Å². The monoisotopic (exact) mass is 287 g/mol. The second-order valence-electron chi connectivity index (χ2n) is 4.22. The summed E-state index contributed by atoms with van der Waals surface area (Å²) >= 11 is 3.44. The molecule has 88 valence electrons. The maximum Gasteiger partial charge on any atom is 0.231 e. The summed E-state index contributed by atoms with van der Waals surface area (Å²) < 4.78 is 17.0. The lowest BCUT2D eigenvalue weighted by atomic mass is 9.93. The van der Waals surface area contributed by atoms with Crippen molar-refractivity contribution < 1.29 is 14.2 Å². The zero-order valence-electron chi connectivity index (χ0n) is 9.46. The summed E-state index contributed by atoms with van der Waals surface area (Å²) in [6, 6.07) is 1.83. The first kappa shape index (κ1) is 11.5. The number of nitrogens with two attached hydrogens (primary N) is 1. The Balaban J connectivity index is 2.72. The van der Waals surface area contributed by atoms with Gasteiger partial charge in [0.05, 0.1) is 17.1 Å². The lowest BCUT2D eigenvalue weighted by molar-refractivity contribution is 0.172. The van der Waals surface area contributed by atoms with E-state index in [9.17, 15) is 0 Å². The van der Waals surface area contributed by atoms with Gasteiger partial charge < -0.3 is 19.9 Å². The number of ether oxygens (including phenoxy) is 3. The standard InChI is InChI=1S/C11H14BrNO3/c1-11(2,13)8-9(14-3)6(12)4-7-10(8)16-5-15-7/h4H,5,13H2,1-3H3. The summed E-state index contributed by atoms with van der Waals surface area (Å²) in [7, 11) is 1.61. The van der Waals surface area contributed by atoms with Crippen molar-refractivity contribution in [3.63, 3.8) is 0 Å².